The Bertz CT molecular complexity index is 840. The lowest BCUT2D eigenvalue weighted by molar-refractivity contribution is -0.107. The summed E-state index contributed by atoms with van der Waals surface area (Å²) in [6.45, 7) is 3.68. The van der Waals surface area contributed by atoms with E-state index in [1.807, 2.05) is 42.5 Å². The zero-order valence-corrected chi connectivity index (χ0v) is 14.2. The van der Waals surface area contributed by atoms with Gasteiger partial charge in [-0.25, -0.2) is 4.99 Å². The van der Waals surface area contributed by atoms with Gasteiger partial charge < -0.3 is 4.74 Å². The maximum atomic E-state index is 12.2. The molecule has 23 heavy (non-hydrogen) atoms. The average Bonchev–Trinajstić information content (AvgIpc) is 2.93. The Hall–Kier alpha value is -1.98. The van der Waals surface area contributed by atoms with Crippen molar-refractivity contribution in [3.63, 3.8) is 0 Å². The molecular formula is C18H15NO2S2. The fraction of sp³-hybridized carbons (Fsp3) is 0.111. The molecule has 2 aromatic rings. The first-order valence-corrected chi connectivity index (χ1v) is 8.85. The highest BCUT2D eigenvalue weighted by atomic mass is 32.2. The number of hydrogen-bond acceptors (Lipinski definition) is 5. The van der Waals surface area contributed by atoms with Crippen LogP contribution in [0.5, 0.6) is 5.75 Å². The molecule has 1 aliphatic heterocycles. The van der Waals surface area contributed by atoms with Crippen LogP contribution in [-0.4, -0.2) is 22.4 Å². The molecule has 0 atom stereocenters. The lowest BCUT2D eigenvalue weighted by Crippen LogP contribution is -1.92. The summed E-state index contributed by atoms with van der Waals surface area (Å²) in [5.74, 6) is 1.47. The van der Waals surface area contributed by atoms with Crippen molar-refractivity contribution in [1.29, 1.82) is 0 Å². The third-order valence-electron chi connectivity index (χ3n) is 3.36. The van der Waals surface area contributed by atoms with Gasteiger partial charge in [0.15, 0.2) is 0 Å². The van der Waals surface area contributed by atoms with Crippen LogP contribution in [0.25, 0.3) is 16.8 Å². The van der Waals surface area contributed by atoms with Crippen molar-refractivity contribution < 1.29 is 9.53 Å². The van der Waals surface area contributed by atoms with Gasteiger partial charge >= 0.3 is 0 Å². The average molecular weight is 341 g/mol. The normalized spacial score (nSPS) is 16.0. The van der Waals surface area contributed by atoms with E-state index in [0.717, 1.165) is 32.2 Å². The van der Waals surface area contributed by atoms with Gasteiger partial charge in [0.05, 0.1) is 7.11 Å². The molecule has 0 saturated carbocycles. The molecule has 0 N–H and O–H groups in total. The SMILES string of the molecule is C=CCSC1=N/C(=C/c2c(OC)ccc3ccccc23)C(=O)S1. The Kier molecular flexibility index (Phi) is 4.88. The van der Waals surface area contributed by atoms with Crippen molar-refractivity contribution in [3.8, 4) is 5.75 Å². The summed E-state index contributed by atoms with van der Waals surface area (Å²) >= 11 is 2.69. The summed E-state index contributed by atoms with van der Waals surface area (Å²) in [5, 5.41) is 2.11. The number of fused-ring (bicyclic) bond motifs is 1. The number of carbonyl (C=O) groups is 1. The molecule has 3 rings (SSSR count). The Morgan fingerprint density at radius 2 is 2.13 bits per heavy atom. The minimum atomic E-state index is -0.0356. The summed E-state index contributed by atoms with van der Waals surface area (Å²) in [6.07, 6.45) is 3.62. The largest absolute Gasteiger partial charge is 0.496 e. The molecule has 0 bridgehead atoms. The van der Waals surface area contributed by atoms with E-state index >= 15 is 0 Å². The maximum absolute atomic E-state index is 12.2. The zero-order chi connectivity index (χ0) is 16.2. The molecule has 2 aromatic carbocycles. The van der Waals surface area contributed by atoms with Gasteiger partial charge in [-0.1, -0.05) is 48.2 Å². The van der Waals surface area contributed by atoms with Crippen LogP contribution in [0.3, 0.4) is 0 Å². The molecule has 1 heterocycles. The number of methoxy groups -OCH3 is 1. The topological polar surface area (TPSA) is 38.7 Å². The van der Waals surface area contributed by atoms with Crippen LogP contribution in [0.15, 0.2) is 59.7 Å². The summed E-state index contributed by atoms with van der Waals surface area (Å²) in [5.41, 5.74) is 1.34. The number of carbonyl (C=O) groups excluding carboxylic acids is 1. The Morgan fingerprint density at radius 3 is 2.91 bits per heavy atom. The van der Waals surface area contributed by atoms with Crippen LogP contribution in [0.4, 0.5) is 0 Å². The van der Waals surface area contributed by atoms with E-state index in [1.165, 1.54) is 23.5 Å². The number of benzene rings is 2. The van der Waals surface area contributed by atoms with Crippen LogP contribution >= 0.6 is 23.5 Å². The van der Waals surface area contributed by atoms with Gasteiger partial charge in [-0.05, 0) is 34.7 Å². The van der Waals surface area contributed by atoms with E-state index in [2.05, 4.69) is 11.6 Å². The smallest absolute Gasteiger partial charge is 0.244 e. The molecule has 1 aliphatic rings. The molecule has 0 amide bonds. The van der Waals surface area contributed by atoms with Gasteiger partial charge in [-0.15, -0.1) is 6.58 Å². The van der Waals surface area contributed by atoms with Gasteiger partial charge in [0.1, 0.15) is 15.8 Å². The first-order valence-electron chi connectivity index (χ1n) is 7.05. The van der Waals surface area contributed by atoms with Crippen LogP contribution < -0.4 is 4.74 Å². The van der Waals surface area contributed by atoms with E-state index in [-0.39, 0.29) is 5.12 Å². The van der Waals surface area contributed by atoms with Crippen molar-refractivity contribution in [2.45, 2.75) is 0 Å². The monoisotopic (exact) mass is 341 g/mol. The maximum Gasteiger partial charge on any atom is 0.244 e. The first kappa shape index (κ1) is 15.9. The number of aliphatic imine (C=N–C) groups is 1. The Morgan fingerprint density at radius 1 is 1.30 bits per heavy atom. The molecule has 5 heteroatoms. The summed E-state index contributed by atoms with van der Waals surface area (Å²) in [7, 11) is 1.63. The quantitative estimate of drug-likeness (QED) is 0.595. The second-order valence-electron chi connectivity index (χ2n) is 4.80. The molecule has 0 spiro atoms. The molecule has 0 unspecified atom stereocenters. The molecule has 0 fully saturated rings. The van der Waals surface area contributed by atoms with Gasteiger partial charge in [0.2, 0.25) is 5.12 Å². The number of hydrogen-bond donors (Lipinski definition) is 0. The minimum Gasteiger partial charge on any atom is -0.496 e. The highest BCUT2D eigenvalue weighted by molar-refractivity contribution is 8.45. The predicted molar refractivity (Wildman–Crippen MR) is 101 cm³/mol. The van der Waals surface area contributed by atoms with E-state index in [9.17, 15) is 4.79 Å². The van der Waals surface area contributed by atoms with Crippen molar-refractivity contribution in [1.82, 2.24) is 0 Å². The number of rotatable bonds is 4. The second kappa shape index (κ2) is 7.06. The molecule has 0 radical (unpaired) electrons. The van der Waals surface area contributed by atoms with E-state index in [1.54, 1.807) is 13.2 Å². The van der Waals surface area contributed by atoms with Crippen molar-refractivity contribution in [2.75, 3.05) is 12.9 Å². The molecule has 0 aliphatic carbocycles. The van der Waals surface area contributed by atoms with Crippen molar-refractivity contribution in [2.24, 2.45) is 4.99 Å². The Balaban J connectivity index is 2.08. The first-order chi connectivity index (χ1) is 11.2. The lowest BCUT2D eigenvalue weighted by Gasteiger charge is -2.09. The third-order valence-corrected chi connectivity index (χ3v) is 5.36. The number of thioether (sulfide) groups is 2. The molecule has 0 aromatic heterocycles. The minimum absolute atomic E-state index is 0.0356. The molecular weight excluding hydrogens is 326 g/mol. The van der Waals surface area contributed by atoms with E-state index in [4.69, 9.17) is 4.74 Å². The molecule has 116 valence electrons. The summed E-state index contributed by atoms with van der Waals surface area (Å²) in [4.78, 5) is 16.6. The fourth-order valence-corrected chi connectivity index (χ4v) is 3.92. The predicted octanol–water partition coefficient (Wildman–Crippen LogP) is 4.74. The lowest BCUT2D eigenvalue weighted by atomic mass is 10.0. The van der Waals surface area contributed by atoms with Gasteiger partial charge in [-0.3, -0.25) is 4.79 Å². The van der Waals surface area contributed by atoms with Gasteiger partial charge in [0.25, 0.3) is 0 Å². The standard InChI is InChI=1S/C18H15NO2S2/c1-3-10-22-18-19-15(17(20)23-18)11-14-13-7-5-4-6-12(13)8-9-16(14)21-2/h3-9,11H,1,10H2,2H3/b15-11+. The van der Waals surface area contributed by atoms with E-state index < -0.39 is 0 Å². The summed E-state index contributed by atoms with van der Waals surface area (Å²) in [6, 6.07) is 12.0. The fourth-order valence-electron chi connectivity index (χ4n) is 2.32. The van der Waals surface area contributed by atoms with Crippen LogP contribution in [0.2, 0.25) is 0 Å². The van der Waals surface area contributed by atoms with Crippen LogP contribution in [0, 0.1) is 0 Å². The van der Waals surface area contributed by atoms with Crippen molar-refractivity contribution >= 4 is 49.9 Å². The van der Waals surface area contributed by atoms with Gasteiger partial charge in [0, 0.05) is 11.3 Å². The van der Waals surface area contributed by atoms with Crippen LogP contribution in [-0.2, 0) is 4.79 Å². The Labute approximate surface area is 143 Å². The van der Waals surface area contributed by atoms with Crippen molar-refractivity contribution in [3.05, 3.63) is 60.3 Å². The zero-order valence-electron chi connectivity index (χ0n) is 12.6. The molecule has 3 nitrogen and oxygen atoms in total. The third kappa shape index (κ3) is 3.35. The highest BCUT2D eigenvalue weighted by Crippen LogP contribution is 2.35. The molecule has 0 saturated heterocycles. The van der Waals surface area contributed by atoms with E-state index in [0.29, 0.717) is 5.70 Å². The second-order valence-corrected chi connectivity index (χ2v) is 7.03. The highest BCUT2D eigenvalue weighted by Gasteiger charge is 2.23. The number of ether oxygens (including phenoxy) is 1. The van der Waals surface area contributed by atoms with Gasteiger partial charge in [-0.2, -0.15) is 0 Å². The van der Waals surface area contributed by atoms with Crippen LogP contribution in [0.1, 0.15) is 5.56 Å². The summed E-state index contributed by atoms with van der Waals surface area (Å²) < 4.78 is 6.23. The number of nitrogens with zero attached hydrogens (tertiary/aromatic N) is 1.